The van der Waals surface area contributed by atoms with Gasteiger partial charge in [0.1, 0.15) is 0 Å². The van der Waals surface area contributed by atoms with Crippen LogP contribution < -0.4 is 0 Å². The number of methoxy groups -OCH3 is 1. The molecule has 0 aromatic heterocycles. The molecule has 0 spiro atoms. The van der Waals surface area contributed by atoms with Gasteiger partial charge in [-0.25, -0.2) is 4.79 Å². The van der Waals surface area contributed by atoms with Gasteiger partial charge in [0, 0.05) is 11.0 Å². The van der Waals surface area contributed by atoms with E-state index in [1.165, 1.54) is 43.5 Å². The number of rotatable bonds is 3. The van der Waals surface area contributed by atoms with Crippen molar-refractivity contribution < 1.29 is 22.7 Å². The summed E-state index contributed by atoms with van der Waals surface area (Å²) in [5.41, 5.74) is -3.66. The molecule has 2 nitrogen and oxygen atoms in total. The molecule has 0 atom stereocenters. The number of esters is 1. The standard InChI is InChI=1S/C11H9F3O2S/c1-16-10(15)7-4-8-2-5-9(6-3-8)17-11(12,13)14/h2-7H,1H3/b7-4+. The Morgan fingerprint density at radius 3 is 2.35 bits per heavy atom. The van der Waals surface area contributed by atoms with Gasteiger partial charge in [-0.15, -0.1) is 0 Å². The van der Waals surface area contributed by atoms with Gasteiger partial charge < -0.3 is 4.74 Å². The Hall–Kier alpha value is -1.43. The largest absolute Gasteiger partial charge is 0.466 e. The summed E-state index contributed by atoms with van der Waals surface area (Å²) < 4.78 is 40.5. The lowest BCUT2D eigenvalue weighted by Gasteiger charge is -2.05. The Balaban J connectivity index is 2.68. The summed E-state index contributed by atoms with van der Waals surface area (Å²) in [6.45, 7) is 0. The van der Waals surface area contributed by atoms with Crippen LogP contribution in [-0.4, -0.2) is 18.6 Å². The lowest BCUT2D eigenvalue weighted by Crippen LogP contribution is -1.98. The van der Waals surface area contributed by atoms with Crippen molar-refractivity contribution in [3.05, 3.63) is 35.9 Å². The highest BCUT2D eigenvalue weighted by Crippen LogP contribution is 2.36. The molecule has 0 saturated carbocycles. The molecule has 0 amide bonds. The van der Waals surface area contributed by atoms with Gasteiger partial charge >= 0.3 is 11.5 Å². The second-order valence-corrected chi connectivity index (χ2v) is 4.11. The van der Waals surface area contributed by atoms with Gasteiger partial charge in [0.05, 0.1) is 7.11 Å². The minimum Gasteiger partial charge on any atom is -0.466 e. The summed E-state index contributed by atoms with van der Waals surface area (Å²) in [5.74, 6) is -0.515. The molecule has 1 rings (SSSR count). The van der Waals surface area contributed by atoms with Crippen LogP contribution in [0.5, 0.6) is 0 Å². The molecule has 0 bridgehead atoms. The SMILES string of the molecule is COC(=O)/C=C/c1ccc(SC(F)(F)F)cc1. The van der Waals surface area contributed by atoms with E-state index in [0.717, 1.165) is 0 Å². The van der Waals surface area contributed by atoms with Gasteiger partial charge in [-0.2, -0.15) is 13.2 Å². The van der Waals surface area contributed by atoms with Gasteiger partial charge in [-0.1, -0.05) is 12.1 Å². The Bertz CT molecular complexity index is 410. The number of carbonyl (C=O) groups excluding carboxylic acids is 1. The summed E-state index contributed by atoms with van der Waals surface area (Å²) in [4.78, 5) is 10.9. The Morgan fingerprint density at radius 1 is 1.29 bits per heavy atom. The number of halogens is 3. The topological polar surface area (TPSA) is 26.3 Å². The molecule has 6 heteroatoms. The zero-order chi connectivity index (χ0) is 12.9. The van der Waals surface area contributed by atoms with Crippen molar-refractivity contribution >= 4 is 23.8 Å². The van der Waals surface area contributed by atoms with E-state index in [9.17, 15) is 18.0 Å². The van der Waals surface area contributed by atoms with Crippen LogP contribution in [0.25, 0.3) is 6.08 Å². The van der Waals surface area contributed by atoms with Gasteiger partial charge in [0.15, 0.2) is 0 Å². The molecule has 0 N–H and O–H groups in total. The van der Waals surface area contributed by atoms with Crippen LogP contribution in [0.3, 0.4) is 0 Å². The molecule has 0 radical (unpaired) electrons. The van der Waals surface area contributed by atoms with Crippen LogP contribution in [-0.2, 0) is 9.53 Å². The molecule has 1 aromatic rings. The van der Waals surface area contributed by atoms with E-state index >= 15 is 0 Å². The summed E-state index contributed by atoms with van der Waals surface area (Å²) in [5, 5.41) is 0. The fourth-order valence-corrected chi connectivity index (χ4v) is 1.55. The maximum Gasteiger partial charge on any atom is 0.446 e. The van der Waals surface area contributed by atoms with E-state index in [0.29, 0.717) is 5.56 Å². The summed E-state index contributed by atoms with van der Waals surface area (Å²) in [7, 11) is 1.25. The minimum atomic E-state index is -4.29. The molecule has 17 heavy (non-hydrogen) atoms. The maximum atomic E-state index is 12.0. The van der Waals surface area contributed by atoms with E-state index in [-0.39, 0.29) is 16.7 Å². The average molecular weight is 262 g/mol. The van der Waals surface area contributed by atoms with E-state index in [1.54, 1.807) is 0 Å². The molecular formula is C11H9F3O2S. The number of ether oxygens (including phenoxy) is 1. The first-order valence-electron chi connectivity index (χ1n) is 4.52. The smallest absolute Gasteiger partial charge is 0.446 e. The molecule has 0 unspecified atom stereocenters. The van der Waals surface area contributed by atoms with E-state index in [2.05, 4.69) is 4.74 Å². The highest BCUT2D eigenvalue weighted by atomic mass is 32.2. The molecule has 0 aliphatic heterocycles. The van der Waals surface area contributed by atoms with Crippen LogP contribution in [0.2, 0.25) is 0 Å². The number of hydrogen-bond acceptors (Lipinski definition) is 3. The number of benzene rings is 1. The zero-order valence-corrected chi connectivity index (χ0v) is 9.64. The Morgan fingerprint density at radius 2 is 1.88 bits per heavy atom. The predicted molar refractivity (Wildman–Crippen MR) is 59.4 cm³/mol. The van der Waals surface area contributed by atoms with E-state index in [1.807, 2.05) is 0 Å². The average Bonchev–Trinajstić information content (AvgIpc) is 2.25. The maximum absolute atomic E-state index is 12.0. The first-order chi connectivity index (χ1) is 7.90. The molecule has 92 valence electrons. The number of carbonyl (C=O) groups is 1. The molecule has 0 heterocycles. The molecule has 0 aliphatic rings. The van der Waals surface area contributed by atoms with Crippen molar-refractivity contribution in [1.82, 2.24) is 0 Å². The van der Waals surface area contributed by atoms with Crippen molar-refractivity contribution in [3.63, 3.8) is 0 Å². The first-order valence-corrected chi connectivity index (χ1v) is 5.34. The summed E-state index contributed by atoms with van der Waals surface area (Å²) in [6, 6.07) is 5.67. The fraction of sp³-hybridized carbons (Fsp3) is 0.182. The highest BCUT2D eigenvalue weighted by Gasteiger charge is 2.28. The Labute approximate surface area is 100 Å². The number of hydrogen-bond donors (Lipinski definition) is 0. The van der Waals surface area contributed by atoms with Crippen molar-refractivity contribution in [2.75, 3.05) is 7.11 Å². The van der Waals surface area contributed by atoms with Crippen LogP contribution >= 0.6 is 11.8 Å². The van der Waals surface area contributed by atoms with Crippen molar-refractivity contribution in [3.8, 4) is 0 Å². The van der Waals surface area contributed by atoms with Crippen molar-refractivity contribution in [1.29, 1.82) is 0 Å². The number of alkyl halides is 3. The van der Waals surface area contributed by atoms with Crippen molar-refractivity contribution in [2.24, 2.45) is 0 Å². The monoisotopic (exact) mass is 262 g/mol. The lowest BCUT2D eigenvalue weighted by molar-refractivity contribution is -0.134. The van der Waals surface area contributed by atoms with Gasteiger partial charge in [-0.3, -0.25) is 0 Å². The van der Waals surface area contributed by atoms with Gasteiger partial charge in [0.2, 0.25) is 0 Å². The first kappa shape index (κ1) is 13.6. The second-order valence-electron chi connectivity index (χ2n) is 2.97. The fourth-order valence-electron chi connectivity index (χ4n) is 1.01. The van der Waals surface area contributed by atoms with Crippen LogP contribution in [0.1, 0.15) is 5.56 Å². The van der Waals surface area contributed by atoms with Crippen molar-refractivity contribution in [2.45, 2.75) is 10.4 Å². The zero-order valence-electron chi connectivity index (χ0n) is 8.82. The van der Waals surface area contributed by atoms with E-state index < -0.39 is 11.5 Å². The second kappa shape index (κ2) is 5.77. The molecule has 0 fully saturated rings. The third kappa shape index (κ3) is 5.44. The molecule has 1 aromatic carbocycles. The predicted octanol–water partition coefficient (Wildman–Crippen LogP) is 3.48. The minimum absolute atomic E-state index is 0.104. The van der Waals surface area contributed by atoms with Crippen LogP contribution in [0.4, 0.5) is 13.2 Å². The third-order valence-corrected chi connectivity index (χ3v) is 2.47. The summed E-state index contributed by atoms with van der Waals surface area (Å²) >= 11 is -0.177. The highest BCUT2D eigenvalue weighted by molar-refractivity contribution is 8.00. The van der Waals surface area contributed by atoms with Crippen LogP contribution in [0.15, 0.2) is 35.2 Å². The number of thioether (sulfide) groups is 1. The van der Waals surface area contributed by atoms with E-state index in [4.69, 9.17) is 0 Å². The lowest BCUT2D eigenvalue weighted by atomic mass is 10.2. The molecular weight excluding hydrogens is 253 g/mol. The normalized spacial score (nSPS) is 11.8. The van der Waals surface area contributed by atoms with Gasteiger partial charge in [-0.05, 0) is 35.5 Å². The van der Waals surface area contributed by atoms with Crippen LogP contribution in [0, 0.1) is 0 Å². The molecule has 0 saturated heterocycles. The van der Waals surface area contributed by atoms with Gasteiger partial charge in [0.25, 0.3) is 0 Å². The Kier molecular flexibility index (Phi) is 4.62. The third-order valence-electron chi connectivity index (χ3n) is 1.73. The quantitative estimate of drug-likeness (QED) is 0.474. The summed E-state index contributed by atoms with van der Waals surface area (Å²) in [6.07, 6.45) is 2.67. The molecule has 0 aliphatic carbocycles.